The molecule has 3 heteroatoms. The largest absolute Gasteiger partial charge is 0.496 e. The Morgan fingerprint density at radius 2 is 2.06 bits per heavy atom. The van der Waals surface area contributed by atoms with E-state index in [1.807, 2.05) is 13.1 Å². The van der Waals surface area contributed by atoms with Gasteiger partial charge in [-0.25, -0.2) is 0 Å². The molecule has 0 spiro atoms. The molecule has 0 saturated heterocycles. The topological polar surface area (TPSA) is 32.7 Å². The van der Waals surface area contributed by atoms with E-state index in [1.54, 1.807) is 7.11 Å². The van der Waals surface area contributed by atoms with Gasteiger partial charge < -0.3 is 14.7 Å². The van der Waals surface area contributed by atoms with Gasteiger partial charge in [-0.1, -0.05) is 19.1 Å². The van der Waals surface area contributed by atoms with Gasteiger partial charge in [-0.3, -0.25) is 0 Å². The molecule has 0 radical (unpaired) electrons. The maximum Gasteiger partial charge on any atom is 0.122 e. The summed E-state index contributed by atoms with van der Waals surface area (Å²) in [6.45, 7) is 4.02. The molecule has 0 atom stereocenters. The molecule has 0 heterocycles. The minimum absolute atomic E-state index is 0.211. The van der Waals surface area contributed by atoms with Crippen LogP contribution in [-0.4, -0.2) is 43.9 Å². The van der Waals surface area contributed by atoms with E-state index in [2.05, 4.69) is 24.0 Å². The minimum atomic E-state index is 0.211. The van der Waals surface area contributed by atoms with Crippen LogP contribution < -0.4 is 4.74 Å². The summed E-state index contributed by atoms with van der Waals surface area (Å²) in [7, 11) is 3.73. The summed E-state index contributed by atoms with van der Waals surface area (Å²) >= 11 is 0. The maximum atomic E-state index is 8.85. The van der Waals surface area contributed by atoms with Crippen LogP contribution in [0.5, 0.6) is 5.75 Å². The highest BCUT2D eigenvalue weighted by Crippen LogP contribution is 2.20. The molecular formula is C14H23NO2. The lowest BCUT2D eigenvalue weighted by atomic mass is 10.0. The van der Waals surface area contributed by atoms with Crippen molar-refractivity contribution in [2.75, 3.05) is 33.9 Å². The zero-order valence-electron chi connectivity index (χ0n) is 11.1. The van der Waals surface area contributed by atoms with Gasteiger partial charge in [0.05, 0.1) is 13.7 Å². The molecule has 96 valence electrons. The molecule has 1 aromatic carbocycles. The van der Waals surface area contributed by atoms with Gasteiger partial charge in [-0.2, -0.15) is 0 Å². The average molecular weight is 237 g/mol. The Kier molecular flexibility index (Phi) is 6.01. The second kappa shape index (κ2) is 7.30. The van der Waals surface area contributed by atoms with E-state index in [0.29, 0.717) is 0 Å². The van der Waals surface area contributed by atoms with Crippen LogP contribution >= 0.6 is 0 Å². The lowest BCUT2D eigenvalue weighted by molar-refractivity contribution is 0.222. The number of hydrogen-bond acceptors (Lipinski definition) is 3. The van der Waals surface area contributed by atoms with Gasteiger partial charge in [0.15, 0.2) is 0 Å². The second-order valence-electron chi connectivity index (χ2n) is 4.28. The average Bonchev–Trinajstić information content (AvgIpc) is 2.36. The third kappa shape index (κ3) is 4.36. The minimum Gasteiger partial charge on any atom is -0.496 e. The molecule has 0 amide bonds. The molecule has 1 N–H and O–H groups in total. The highest BCUT2D eigenvalue weighted by Gasteiger charge is 2.05. The molecule has 0 aliphatic carbocycles. The first kappa shape index (κ1) is 14.0. The van der Waals surface area contributed by atoms with Gasteiger partial charge in [0.2, 0.25) is 0 Å². The molecule has 17 heavy (non-hydrogen) atoms. The van der Waals surface area contributed by atoms with Crippen molar-refractivity contribution in [3.8, 4) is 5.75 Å². The molecule has 0 saturated carbocycles. The molecule has 3 nitrogen and oxygen atoms in total. The Balaban J connectivity index is 2.67. The highest BCUT2D eigenvalue weighted by atomic mass is 16.5. The molecule has 1 rings (SSSR count). The summed E-state index contributed by atoms with van der Waals surface area (Å²) in [5, 5.41) is 8.85. The number of aryl methyl sites for hydroxylation is 1. The number of methoxy groups -OCH3 is 1. The Morgan fingerprint density at radius 1 is 1.29 bits per heavy atom. The van der Waals surface area contributed by atoms with Crippen LogP contribution in [0.2, 0.25) is 0 Å². The van der Waals surface area contributed by atoms with Crippen LogP contribution in [-0.2, 0) is 12.8 Å². The SMILES string of the molecule is CCc1ccc(OC)c(CCN(C)CCO)c1. The van der Waals surface area contributed by atoms with Gasteiger partial charge in [-0.15, -0.1) is 0 Å². The van der Waals surface area contributed by atoms with Crippen molar-refractivity contribution in [1.82, 2.24) is 4.90 Å². The van der Waals surface area contributed by atoms with E-state index < -0.39 is 0 Å². The fourth-order valence-corrected chi connectivity index (χ4v) is 1.84. The monoisotopic (exact) mass is 237 g/mol. The Labute approximate surface area is 104 Å². The van der Waals surface area contributed by atoms with E-state index in [1.165, 1.54) is 11.1 Å². The summed E-state index contributed by atoms with van der Waals surface area (Å²) in [6, 6.07) is 6.37. The molecular weight excluding hydrogens is 214 g/mol. The molecule has 0 aromatic heterocycles. The zero-order chi connectivity index (χ0) is 12.7. The number of aliphatic hydroxyl groups is 1. The van der Waals surface area contributed by atoms with E-state index in [4.69, 9.17) is 9.84 Å². The third-order valence-electron chi connectivity index (χ3n) is 3.00. The summed E-state index contributed by atoms with van der Waals surface area (Å²) in [6.07, 6.45) is 2.00. The van der Waals surface area contributed by atoms with E-state index in [0.717, 1.165) is 31.7 Å². The summed E-state index contributed by atoms with van der Waals surface area (Å²) < 4.78 is 5.37. The van der Waals surface area contributed by atoms with Crippen LogP contribution in [0.3, 0.4) is 0 Å². The van der Waals surface area contributed by atoms with E-state index in [9.17, 15) is 0 Å². The maximum absolute atomic E-state index is 8.85. The second-order valence-corrected chi connectivity index (χ2v) is 4.28. The molecule has 0 aliphatic rings. The van der Waals surface area contributed by atoms with Crippen LogP contribution in [0.4, 0.5) is 0 Å². The van der Waals surface area contributed by atoms with Gasteiger partial charge >= 0.3 is 0 Å². The van der Waals surface area contributed by atoms with Crippen molar-refractivity contribution in [1.29, 1.82) is 0 Å². The van der Waals surface area contributed by atoms with Gasteiger partial charge in [-0.05, 0) is 37.1 Å². The Morgan fingerprint density at radius 3 is 2.65 bits per heavy atom. The fraction of sp³-hybridized carbons (Fsp3) is 0.571. The van der Waals surface area contributed by atoms with Crippen molar-refractivity contribution in [3.05, 3.63) is 29.3 Å². The predicted octanol–water partition coefficient (Wildman–Crippen LogP) is 1.72. The standard InChI is InChI=1S/C14H23NO2/c1-4-12-5-6-14(17-3)13(11-12)7-8-15(2)9-10-16/h5-6,11,16H,4,7-10H2,1-3H3. The van der Waals surface area contributed by atoms with Crippen molar-refractivity contribution >= 4 is 0 Å². The van der Waals surface area contributed by atoms with Crippen LogP contribution in [0.15, 0.2) is 18.2 Å². The van der Waals surface area contributed by atoms with Gasteiger partial charge in [0.1, 0.15) is 5.75 Å². The van der Waals surface area contributed by atoms with Crippen LogP contribution in [0.1, 0.15) is 18.1 Å². The lowest BCUT2D eigenvalue weighted by Crippen LogP contribution is -2.24. The predicted molar refractivity (Wildman–Crippen MR) is 70.7 cm³/mol. The first-order valence-corrected chi connectivity index (χ1v) is 6.16. The summed E-state index contributed by atoms with van der Waals surface area (Å²) in [4.78, 5) is 2.12. The van der Waals surface area contributed by atoms with Gasteiger partial charge in [0.25, 0.3) is 0 Å². The van der Waals surface area contributed by atoms with Crippen molar-refractivity contribution in [3.63, 3.8) is 0 Å². The normalized spacial score (nSPS) is 10.9. The molecule has 0 aliphatic heterocycles. The number of hydrogen-bond donors (Lipinski definition) is 1. The Hall–Kier alpha value is -1.06. The number of nitrogens with zero attached hydrogens (tertiary/aromatic N) is 1. The summed E-state index contributed by atoms with van der Waals surface area (Å²) in [5.74, 6) is 0.958. The zero-order valence-corrected chi connectivity index (χ0v) is 11.1. The third-order valence-corrected chi connectivity index (χ3v) is 3.00. The fourth-order valence-electron chi connectivity index (χ4n) is 1.84. The molecule has 1 aromatic rings. The van der Waals surface area contributed by atoms with Gasteiger partial charge in [0, 0.05) is 13.1 Å². The first-order valence-electron chi connectivity index (χ1n) is 6.16. The number of rotatable bonds is 7. The van der Waals surface area contributed by atoms with Crippen molar-refractivity contribution in [2.24, 2.45) is 0 Å². The lowest BCUT2D eigenvalue weighted by Gasteiger charge is -2.16. The number of ether oxygens (including phenoxy) is 1. The van der Waals surface area contributed by atoms with Crippen LogP contribution in [0, 0.1) is 0 Å². The first-order chi connectivity index (χ1) is 8.21. The molecule has 0 bridgehead atoms. The summed E-state index contributed by atoms with van der Waals surface area (Å²) in [5.41, 5.74) is 2.59. The van der Waals surface area contributed by atoms with Crippen LogP contribution in [0.25, 0.3) is 0 Å². The Bertz CT molecular complexity index is 339. The van der Waals surface area contributed by atoms with Crippen molar-refractivity contribution < 1.29 is 9.84 Å². The van der Waals surface area contributed by atoms with Crippen molar-refractivity contribution in [2.45, 2.75) is 19.8 Å². The smallest absolute Gasteiger partial charge is 0.122 e. The van der Waals surface area contributed by atoms with E-state index in [-0.39, 0.29) is 6.61 Å². The van der Waals surface area contributed by atoms with E-state index >= 15 is 0 Å². The number of aliphatic hydroxyl groups excluding tert-OH is 1. The quantitative estimate of drug-likeness (QED) is 0.784. The number of likely N-dealkylation sites (N-methyl/N-ethyl adjacent to an activating group) is 1. The number of benzene rings is 1. The highest BCUT2D eigenvalue weighted by molar-refractivity contribution is 5.37. The molecule has 0 unspecified atom stereocenters. The molecule has 0 fully saturated rings.